The molecule has 5 rings (SSSR count). The SMILES string of the molecule is COc1cc(-c2cc(CNc3ccc(N4CCOCC4)cc3)cn2S(=O)(=O)c2ccc(C)cc2)cc(OC)c1OC. The normalized spacial score (nSPS) is 13.6. The molecule has 1 N–H and O–H groups in total. The number of rotatable bonds is 10. The van der Waals surface area contributed by atoms with Gasteiger partial charge < -0.3 is 29.2 Å². The minimum absolute atomic E-state index is 0.200. The number of morpholine rings is 1. The van der Waals surface area contributed by atoms with Gasteiger partial charge in [-0.3, -0.25) is 0 Å². The Morgan fingerprint density at radius 3 is 2.07 bits per heavy atom. The van der Waals surface area contributed by atoms with Crippen molar-refractivity contribution in [2.75, 3.05) is 57.8 Å². The zero-order chi connectivity index (χ0) is 29.0. The zero-order valence-electron chi connectivity index (χ0n) is 23.7. The van der Waals surface area contributed by atoms with Gasteiger partial charge in [-0.1, -0.05) is 17.7 Å². The van der Waals surface area contributed by atoms with Crippen LogP contribution in [0.1, 0.15) is 11.1 Å². The topological polar surface area (TPSA) is 91.3 Å². The van der Waals surface area contributed by atoms with E-state index in [2.05, 4.69) is 22.3 Å². The molecule has 0 spiro atoms. The molecule has 1 fully saturated rings. The molecule has 1 aliphatic rings. The number of aryl methyl sites for hydroxylation is 1. The Morgan fingerprint density at radius 2 is 1.49 bits per heavy atom. The number of ether oxygens (including phenoxy) is 4. The molecule has 2 heterocycles. The van der Waals surface area contributed by atoms with E-state index in [1.54, 1.807) is 42.6 Å². The van der Waals surface area contributed by atoms with Crippen LogP contribution in [-0.2, 0) is 21.3 Å². The molecule has 3 aromatic carbocycles. The molecule has 0 unspecified atom stereocenters. The second-order valence-corrected chi connectivity index (χ2v) is 11.6. The molecule has 216 valence electrons. The maximum absolute atomic E-state index is 13.9. The van der Waals surface area contributed by atoms with Gasteiger partial charge in [0.2, 0.25) is 5.75 Å². The van der Waals surface area contributed by atoms with Crippen LogP contribution in [0.2, 0.25) is 0 Å². The predicted octanol–water partition coefficient (Wildman–Crippen LogP) is 5.18. The van der Waals surface area contributed by atoms with E-state index in [1.165, 1.54) is 25.3 Å². The van der Waals surface area contributed by atoms with E-state index in [1.807, 2.05) is 25.1 Å². The van der Waals surface area contributed by atoms with Crippen molar-refractivity contribution in [1.82, 2.24) is 3.97 Å². The first kappa shape index (κ1) is 28.4. The molecule has 0 radical (unpaired) electrons. The van der Waals surface area contributed by atoms with E-state index in [9.17, 15) is 8.42 Å². The van der Waals surface area contributed by atoms with Gasteiger partial charge in [0, 0.05) is 42.8 Å². The van der Waals surface area contributed by atoms with Crippen LogP contribution in [0, 0.1) is 6.92 Å². The van der Waals surface area contributed by atoms with Crippen molar-refractivity contribution in [3.8, 4) is 28.5 Å². The number of nitrogens with zero attached hydrogens (tertiary/aromatic N) is 2. The second kappa shape index (κ2) is 12.2. The van der Waals surface area contributed by atoms with Gasteiger partial charge in [-0.05, 0) is 67.1 Å². The third kappa shape index (κ3) is 5.98. The first-order valence-electron chi connectivity index (χ1n) is 13.3. The van der Waals surface area contributed by atoms with Gasteiger partial charge in [-0.2, -0.15) is 0 Å². The second-order valence-electron chi connectivity index (χ2n) is 9.76. The van der Waals surface area contributed by atoms with Crippen molar-refractivity contribution < 1.29 is 27.4 Å². The summed E-state index contributed by atoms with van der Waals surface area (Å²) in [6.07, 6.45) is 1.66. The fourth-order valence-electron chi connectivity index (χ4n) is 4.87. The van der Waals surface area contributed by atoms with Crippen LogP contribution in [0.5, 0.6) is 17.2 Å². The molecule has 0 bridgehead atoms. The van der Waals surface area contributed by atoms with Crippen LogP contribution in [0.25, 0.3) is 11.3 Å². The van der Waals surface area contributed by atoms with E-state index in [-0.39, 0.29) is 4.90 Å². The fourth-order valence-corrected chi connectivity index (χ4v) is 6.27. The number of benzene rings is 3. The van der Waals surface area contributed by atoms with Crippen molar-refractivity contribution >= 4 is 21.4 Å². The lowest BCUT2D eigenvalue weighted by Crippen LogP contribution is -2.36. The minimum atomic E-state index is -3.91. The third-order valence-corrected chi connectivity index (χ3v) is 8.81. The van der Waals surface area contributed by atoms with E-state index in [4.69, 9.17) is 18.9 Å². The highest BCUT2D eigenvalue weighted by Crippen LogP contribution is 2.42. The molecule has 0 aliphatic carbocycles. The van der Waals surface area contributed by atoms with Gasteiger partial charge in [0.15, 0.2) is 11.5 Å². The number of hydrogen-bond acceptors (Lipinski definition) is 8. The van der Waals surface area contributed by atoms with Gasteiger partial charge in [-0.25, -0.2) is 12.4 Å². The van der Waals surface area contributed by atoms with Crippen molar-refractivity contribution in [3.63, 3.8) is 0 Å². The Kier molecular flexibility index (Phi) is 8.41. The first-order valence-corrected chi connectivity index (χ1v) is 14.8. The van der Waals surface area contributed by atoms with E-state index in [0.717, 1.165) is 48.8 Å². The van der Waals surface area contributed by atoms with Gasteiger partial charge in [0.05, 0.1) is 45.1 Å². The van der Waals surface area contributed by atoms with E-state index in [0.29, 0.717) is 35.1 Å². The first-order chi connectivity index (χ1) is 19.8. The van der Waals surface area contributed by atoms with Crippen molar-refractivity contribution in [2.45, 2.75) is 18.4 Å². The highest BCUT2D eigenvalue weighted by molar-refractivity contribution is 7.90. The summed E-state index contributed by atoms with van der Waals surface area (Å²) in [7, 11) is 0.682. The van der Waals surface area contributed by atoms with Crippen molar-refractivity contribution in [2.24, 2.45) is 0 Å². The summed E-state index contributed by atoms with van der Waals surface area (Å²) in [6.45, 7) is 5.56. The predicted molar refractivity (Wildman–Crippen MR) is 160 cm³/mol. The van der Waals surface area contributed by atoms with Crippen LogP contribution < -0.4 is 24.4 Å². The molecule has 0 saturated carbocycles. The Morgan fingerprint density at radius 1 is 0.854 bits per heavy atom. The molecule has 1 aromatic heterocycles. The largest absolute Gasteiger partial charge is 0.493 e. The van der Waals surface area contributed by atoms with E-state index >= 15 is 0 Å². The Bertz CT molecular complexity index is 1570. The Labute approximate surface area is 241 Å². The summed E-state index contributed by atoms with van der Waals surface area (Å²) in [5, 5.41) is 3.42. The highest BCUT2D eigenvalue weighted by atomic mass is 32.2. The maximum Gasteiger partial charge on any atom is 0.268 e. The fraction of sp³-hybridized carbons (Fsp3) is 0.290. The van der Waals surface area contributed by atoms with E-state index < -0.39 is 10.0 Å². The molecule has 1 saturated heterocycles. The quantitative estimate of drug-likeness (QED) is 0.276. The Hall–Kier alpha value is -4.15. The average molecular weight is 578 g/mol. The summed E-state index contributed by atoms with van der Waals surface area (Å²) in [5.74, 6) is 1.30. The van der Waals surface area contributed by atoms with Gasteiger partial charge in [0.25, 0.3) is 10.0 Å². The third-order valence-electron chi connectivity index (χ3n) is 7.12. The zero-order valence-corrected chi connectivity index (χ0v) is 24.5. The van der Waals surface area contributed by atoms with Crippen LogP contribution in [0.15, 0.2) is 77.8 Å². The Balaban J connectivity index is 1.50. The molecular weight excluding hydrogens is 542 g/mol. The van der Waals surface area contributed by atoms with Crippen LogP contribution >= 0.6 is 0 Å². The standard InChI is InChI=1S/C31H35N3O6S/c1-22-5-11-27(12-6-22)41(35,36)34-21-23(17-28(34)24-18-29(37-2)31(39-4)30(19-24)38-3)20-32-25-7-9-26(10-8-25)33-13-15-40-16-14-33/h5-12,17-19,21,32H,13-16,20H2,1-4H3. The summed E-state index contributed by atoms with van der Waals surface area (Å²) in [4.78, 5) is 2.50. The molecule has 4 aromatic rings. The monoisotopic (exact) mass is 577 g/mol. The lowest BCUT2D eigenvalue weighted by atomic mass is 10.1. The van der Waals surface area contributed by atoms with Crippen molar-refractivity contribution in [1.29, 1.82) is 0 Å². The summed E-state index contributed by atoms with van der Waals surface area (Å²) in [6, 6.07) is 20.4. The average Bonchev–Trinajstić information content (AvgIpc) is 3.45. The van der Waals surface area contributed by atoms with Crippen molar-refractivity contribution in [3.05, 3.63) is 84.1 Å². The molecule has 1 aliphatic heterocycles. The molecule has 0 amide bonds. The number of methoxy groups -OCH3 is 3. The van der Waals surface area contributed by atoms with Crippen LogP contribution in [0.3, 0.4) is 0 Å². The number of aromatic nitrogens is 1. The number of hydrogen-bond donors (Lipinski definition) is 1. The molecule has 41 heavy (non-hydrogen) atoms. The summed E-state index contributed by atoms with van der Waals surface area (Å²) >= 11 is 0. The van der Waals surface area contributed by atoms with Crippen LogP contribution in [0.4, 0.5) is 11.4 Å². The molecule has 10 heteroatoms. The lowest BCUT2D eigenvalue weighted by Gasteiger charge is -2.28. The van der Waals surface area contributed by atoms with Gasteiger partial charge in [0.1, 0.15) is 0 Å². The maximum atomic E-state index is 13.9. The smallest absolute Gasteiger partial charge is 0.268 e. The molecule has 0 atom stereocenters. The number of nitrogens with one attached hydrogen (secondary N) is 1. The van der Waals surface area contributed by atoms with Gasteiger partial charge >= 0.3 is 0 Å². The minimum Gasteiger partial charge on any atom is -0.493 e. The number of anilines is 2. The molecular formula is C31H35N3O6S. The summed E-state index contributed by atoms with van der Waals surface area (Å²) < 4.78 is 51.1. The highest BCUT2D eigenvalue weighted by Gasteiger charge is 2.24. The van der Waals surface area contributed by atoms with Gasteiger partial charge in [-0.15, -0.1) is 0 Å². The summed E-state index contributed by atoms with van der Waals surface area (Å²) in [5.41, 5.74) is 4.94. The molecule has 9 nitrogen and oxygen atoms in total. The van der Waals surface area contributed by atoms with Crippen LogP contribution in [-0.4, -0.2) is 60.0 Å². The lowest BCUT2D eigenvalue weighted by molar-refractivity contribution is 0.122.